The van der Waals surface area contributed by atoms with Crippen molar-refractivity contribution in [1.82, 2.24) is 4.90 Å². The fourth-order valence-corrected chi connectivity index (χ4v) is 3.95. The molecule has 152 valence electrons. The van der Waals surface area contributed by atoms with E-state index in [0.29, 0.717) is 24.5 Å². The number of ether oxygens (including phenoxy) is 1. The molecule has 3 rings (SSSR count). The lowest BCUT2D eigenvalue weighted by molar-refractivity contribution is -0.0264. The van der Waals surface area contributed by atoms with E-state index in [2.05, 4.69) is 11.8 Å². The smallest absolute Gasteiger partial charge is 0.123 e. The van der Waals surface area contributed by atoms with E-state index in [0.717, 1.165) is 55.8 Å². The molecular weight excluding hydrogens is 377 g/mol. The zero-order valence-corrected chi connectivity index (χ0v) is 17.2. The second kappa shape index (κ2) is 9.73. The molecule has 3 nitrogen and oxygen atoms in total. The van der Waals surface area contributed by atoms with Gasteiger partial charge in [-0.05, 0) is 67.1 Å². The number of piperidine rings is 1. The number of aliphatic hydroxyl groups is 1. The minimum Gasteiger partial charge on any atom is -0.493 e. The number of hydrogen-bond donors (Lipinski definition) is 1. The molecule has 0 radical (unpaired) electrons. The minimum absolute atomic E-state index is 0.211. The van der Waals surface area contributed by atoms with Gasteiger partial charge in [-0.15, -0.1) is 0 Å². The molecule has 2 aromatic carbocycles. The normalized spacial score (nSPS) is 16.9. The van der Waals surface area contributed by atoms with Crippen molar-refractivity contribution >= 4 is 11.6 Å². The Morgan fingerprint density at radius 3 is 2.54 bits per heavy atom. The molecule has 28 heavy (non-hydrogen) atoms. The van der Waals surface area contributed by atoms with Crippen LogP contribution >= 0.6 is 11.6 Å². The van der Waals surface area contributed by atoms with Crippen LogP contribution in [-0.2, 0) is 12.0 Å². The van der Waals surface area contributed by atoms with Gasteiger partial charge in [0, 0.05) is 24.7 Å². The average Bonchev–Trinajstić information content (AvgIpc) is 2.69. The highest BCUT2D eigenvalue weighted by Crippen LogP contribution is 2.33. The number of benzene rings is 2. The highest BCUT2D eigenvalue weighted by atomic mass is 35.5. The monoisotopic (exact) mass is 405 g/mol. The number of halogens is 2. The Balaban J connectivity index is 1.43. The van der Waals surface area contributed by atoms with Crippen LogP contribution < -0.4 is 4.74 Å². The third-order valence-electron chi connectivity index (χ3n) is 5.48. The Kier molecular flexibility index (Phi) is 7.33. The molecule has 1 N–H and O–H groups in total. The topological polar surface area (TPSA) is 32.7 Å². The van der Waals surface area contributed by atoms with Crippen LogP contribution in [0, 0.1) is 5.82 Å². The van der Waals surface area contributed by atoms with Gasteiger partial charge in [-0.1, -0.05) is 37.1 Å². The van der Waals surface area contributed by atoms with E-state index < -0.39 is 5.60 Å². The van der Waals surface area contributed by atoms with Crippen LogP contribution in [0.25, 0.3) is 0 Å². The second-order valence-electron chi connectivity index (χ2n) is 7.58. The van der Waals surface area contributed by atoms with Crippen molar-refractivity contribution < 1.29 is 14.2 Å². The summed E-state index contributed by atoms with van der Waals surface area (Å²) in [5.74, 6) is 0.580. The molecule has 1 aliphatic heterocycles. The van der Waals surface area contributed by atoms with E-state index in [4.69, 9.17) is 16.3 Å². The van der Waals surface area contributed by atoms with E-state index >= 15 is 0 Å². The van der Waals surface area contributed by atoms with Crippen molar-refractivity contribution in [2.75, 3.05) is 26.2 Å². The van der Waals surface area contributed by atoms with Gasteiger partial charge in [-0.25, -0.2) is 4.39 Å². The van der Waals surface area contributed by atoms with Crippen LogP contribution in [0.15, 0.2) is 42.5 Å². The molecule has 0 spiro atoms. The van der Waals surface area contributed by atoms with Crippen LogP contribution in [-0.4, -0.2) is 36.2 Å². The Labute approximate surface area is 172 Å². The second-order valence-corrected chi connectivity index (χ2v) is 8.02. The summed E-state index contributed by atoms with van der Waals surface area (Å²) in [6.45, 7) is 5.34. The summed E-state index contributed by atoms with van der Waals surface area (Å²) >= 11 is 5.95. The maximum Gasteiger partial charge on any atom is 0.123 e. The molecule has 1 aliphatic rings. The van der Waals surface area contributed by atoms with Gasteiger partial charge < -0.3 is 14.7 Å². The lowest BCUT2D eigenvalue weighted by Gasteiger charge is -2.38. The third-order valence-corrected chi connectivity index (χ3v) is 5.73. The number of nitrogens with zero attached hydrogens (tertiary/aromatic N) is 1. The molecule has 5 heteroatoms. The van der Waals surface area contributed by atoms with Crippen molar-refractivity contribution in [1.29, 1.82) is 0 Å². The first-order valence-corrected chi connectivity index (χ1v) is 10.5. The van der Waals surface area contributed by atoms with Gasteiger partial charge in [0.15, 0.2) is 0 Å². The lowest BCUT2D eigenvalue weighted by Crippen LogP contribution is -2.43. The van der Waals surface area contributed by atoms with Gasteiger partial charge in [-0.2, -0.15) is 0 Å². The van der Waals surface area contributed by atoms with E-state index in [1.165, 1.54) is 6.07 Å². The molecule has 1 heterocycles. The molecule has 0 atom stereocenters. The van der Waals surface area contributed by atoms with E-state index in [-0.39, 0.29) is 5.82 Å². The van der Waals surface area contributed by atoms with E-state index in [9.17, 15) is 9.50 Å². The summed E-state index contributed by atoms with van der Waals surface area (Å²) in [6, 6.07) is 12.3. The Morgan fingerprint density at radius 1 is 1.14 bits per heavy atom. The summed E-state index contributed by atoms with van der Waals surface area (Å²) in [6.07, 6.45) is 4.12. The maximum atomic E-state index is 13.4. The van der Waals surface area contributed by atoms with Gasteiger partial charge >= 0.3 is 0 Å². The van der Waals surface area contributed by atoms with Crippen LogP contribution in [0.2, 0.25) is 5.02 Å². The van der Waals surface area contributed by atoms with Crippen LogP contribution in [0.5, 0.6) is 5.75 Å². The van der Waals surface area contributed by atoms with Crippen molar-refractivity contribution in [3.05, 3.63) is 64.4 Å². The zero-order chi connectivity index (χ0) is 20.0. The molecule has 0 amide bonds. The molecule has 0 unspecified atom stereocenters. The minimum atomic E-state index is -0.763. The van der Waals surface area contributed by atoms with Crippen molar-refractivity contribution in [2.24, 2.45) is 0 Å². The number of hydrogen-bond acceptors (Lipinski definition) is 3. The zero-order valence-electron chi connectivity index (χ0n) is 16.5. The molecule has 1 saturated heterocycles. The molecule has 0 aromatic heterocycles. The van der Waals surface area contributed by atoms with Gasteiger partial charge in [0.05, 0.1) is 12.2 Å². The highest BCUT2D eigenvalue weighted by Gasteiger charge is 2.33. The third kappa shape index (κ3) is 5.47. The molecule has 1 fully saturated rings. The van der Waals surface area contributed by atoms with Crippen molar-refractivity contribution in [2.45, 2.75) is 44.6 Å². The predicted molar refractivity (Wildman–Crippen MR) is 112 cm³/mol. The van der Waals surface area contributed by atoms with Crippen LogP contribution in [0.3, 0.4) is 0 Å². The first kappa shape index (κ1) is 21.1. The van der Waals surface area contributed by atoms with Crippen molar-refractivity contribution in [3.8, 4) is 5.75 Å². The van der Waals surface area contributed by atoms with Crippen molar-refractivity contribution in [3.63, 3.8) is 0 Å². The standard InChI is InChI=1S/C23H29ClFNO2/c1-2-4-18-17-21(25)9-10-22(18)28-16-3-13-26-14-11-23(27,12-15-26)19-5-7-20(24)8-6-19/h5-10,17,27H,2-4,11-16H2,1H3. The van der Waals surface area contributed by atoms with Gasteiger partial charge in [0.2, 0.25) is 0 Å². The lowest BCUT2D eigenvalue weighted by atomic mass is 9.84. The molecule has 2 aromatic rings. The fraction of sp³-hybridized carbons (Fsp3) is 0.478. The van der Waals surface area contributed by atoms with Crippen LogP contribution in [0.1, 0.15) is 43.7 Å². The van der Waals surface area contributed by atoms with Crippen LogP contribution in [0.4, 0.5) is 4.39 Å². The molecule has 0 bridgehead atoms. The van der Waals surface area contributed by atoms with Gasteiger partial charge in [0.25, 0.3) is 0 Å². The summed E-state index contributed by atoms with van der Waals surface area (Å²) < 4.78 is 19.3. The summed E-state index contributed by atoms with van der Waals surface area (Å²) in [5.41, 5.74) is 1.12. The summed E-state index contributed by atoms with van der Waals surface area (Å²) in [7, 11) is 0. The highest BCUT2D eigenvalue weighted by molar-refractivity contribution is 6.30. The first-order valence-electron chi connectivity index (χ1n) is 10.1. The Bertz CT molecular complexity index is 758. The number of likely N-dealkylation sites (tertiary alicyclic amines) is 1. The van der Waals surface area contributed by atoms with E-state index in [1.54, 1.807) is 12.1 Å². The molecule has 0 aliphatic carbocycles. The summed E-state index contributed by atoms with van der Waals surface area (Å²) in [5, 5.41) is 11.6. The van der Waals surface area contributed by atoms with Gasteiger partial charge in [0.1, 0.15) is 11.6 Å². The fourth-order valence-electron chi connectivity index (χ4n) is 3.82. The Morgan fingerprint density at radius 2 is 1.86 bits per heavy atom. The molecule has 0 saturated carbocycles. The number of rotatable bonds is 8. The largest absolute Gasteiger partial charge is 0.493 e. The average molecular weight is 406 g/mol. The number of aryl methyl sites for hydroxylation is 1. The summed E-state index contributed by atoms with van der Waals surface area (Å²) in [4.78, 5) is 2.37. The first-order chi connectivity index (χ1) is 13.5. The molecular formula is C23H29ClFNO2. The van der Waals surface area contributed by atoms with E-state index in [1.807, 2.05) is 24.3 Å². The quantitative estimate of drug-likeness (QED) is 0.614. The van der Waals surface area contributed by atoms with Gasteiger partial charge in [-0.3, -0.25) is 0 Å². The predicted octanol–water partition coefficient (Wildman–Crippen LogP) is 5.18. The Hall–Kier alpha value is -1.62. The SMILES string of the molecule is CCCc1cc(F)ccc1OCCCN1CCC(O)(c2ccc(Cl)cc2)CC1. The maximum absolute atomic E-state index is 13.4.